The molecule has 0 aliphatic heterocycles. The minimum Gasteiger partial charge on any atom is -0.508 e. The first kappa shape index (κ1) is 15.0. The van der Waals surface area contributed by atoms with E-state index in [1.807, 2.05) is 53.1 Å². The molecule has 2 aromatic carbocycles. The molecule has 0 aliphatic carbocycles. The summed E-state index contributed by atoms with van der Waals surface area (Å²) in [5.41, 5.74) is 2.45. The van der Waals surface area contributed by atoms with E-state index in [9.17, 15) is 5.11 Å². The first-order valence-corrected chi connectivity index (χ1v) is 7.79. The number of phenolic OH excluding ortho intramolecular Hbond substituents is 1. The zero-order valence-electron chi connectivity index (χ0n) is 13.5. The van der Waals surface area contributed by atoms with Gasteiger partial charge < -0.3 is 15.2 Å². The zero-order valence-corrected chi connectivity index (χ0v) is 13.5. The topological polar surface area (TPSA) is 71.7 Å². The Balaban J connectivity index is 1.89. The predicted molar refractivity (Wildman–Crippen MR) is 96.4 cm³/mol. The van der Waals surface area contributed by atoms with Crippen LogP contribution in [-0.2, 0) is 0 Å². The Morgan fingerprint density at radius 2 is 1.84 bits per heavy atom. The molecule has 6 heteroatoms. The Morgan fingerprint density at radius 1 is 1.04 bits per heavy atom. The van der Waals surface area contributed by atoms with Crippen LogP contribution in [0.3, 0.4) is 0 Å². The number of aromatic hydroxyl groups is 1. The van der Waals surface area contributed by atoms with Crippen LogP contribution in [0.15, 0.2) is 67.0 Å². The van der Waals surface area contributed by atoms with E-state index in [1.54, 1.807) is 25.4 Å². The Kier molecular flexibility index (Phi) is 3.70. The average molecular weight is 332 g/mol. The van der Waals surface area contributed by atoms with E-state index in [2.05, 4.69) is 15.3 Å². The quantitative estimate of drug-likeness (QED) is 0.594. The number of rotatable bonds is 4. The minimum absolute atomic E-state index is 0.213. The zero-order chi connectivity index (χ0) is 17.2. The van der Waals surface area contributed by atoms with E-state index >= 15 is 0 Å². The monoisotopic (exact) mass is 332 g/mol. The molecule has 0 bridgehead atoms. The molecule has 0 spiro atoms. The lowest BCUT2D eigenvalue weighted by Crippen LogP contribution is -1.99. The Hall–Kier alpha value is -3.54. The number of nitrogens with one attached hydrogen (secondary N) is 1. The molecule has 2 heterocycles. The van der Waals surface area contributed by atoms with Crippen molar-refractivity contribution >= 4 is 17.3 Å². The van der Waals surface area contributed by atoms with Gasteiger partial charge in [0.15, 0.2) is 0 Å². The van der Waals surface area contributed by atoms with Crippen LogP contribution in [0.1, 0.15) is 0 Å². The third kappa shape index (κ3) is 2.74. The van der Waals surface area contributed by atoms with Gasteiger partial charge in [0, 0.05) is 18.0 Å². The number of para-hydroxylation sites is 2. The Labute approximate surface area is 144 Å². The molecule has 6 nitrogen and oxygen atoms in total. The number of methoxy groups -OCH3 is 1. The highest BCUT2D eigenvalue weighted by Crippen LogP contribution is 2.34. The number of phenols is 1. The molecule has 4 aromatic rings. The summed E-state index contributed by atoms with van der Waals surface area (Å²) in [4.78, 5) is 8.95. The molecule has 0 aliphatic rings. The second kappa shape index (κ2) is 6.16. The largest absolute Gasteiger partial charge is 0.508 e. The second-order valence-corrected chi connectivity index (χ2v) is 5.47. The average Bonchev–Trinajstić information content (AvgIpc) is 3.01. The fraction of sp³-hybridized carbons (Fsp3) is 0.0526. The Bertz CT molecular complexity index is 1030. The minimum atomic E-state index is 0.213. The van der Waals surface area contributed by atoms with E-state index in [-0.39, 0.29) is 5.75 Å². The van der Waals surface area contributed by atoms with E-state index in [1.165, 1.54) is 0 Å². The molecule has 0 amide bonds. The molecule has 0 saturated heterocycles. The van der Waals surface area contributed by atoms with Gasteiger partial charge in [-0.1, -0.05) is 12.1 Å². The van der Waals surface area contributed by atoms with Crippen molar-refractivity contribution in [3.63, 3.8) is 0 Å². The van der Waals surface area contributed by atoms with Crippen molar-refractivity contribution in [2.24, 2.45) is 0 Å². The van der Waals surface area contributed by atoms with Crippen LogP contribution in [0, 0.1) is 0 Å². The Morgan fingerprint density at radius 3 is 2.64 bits per heavy atom. The number of hydrogen-bond acceptors (Lipinski definition) is 5. The van der Waals surface area contributed by atoms with Crippen molar-refractivity contribution in [1.29, 1.82) is 0 Å². The lowest BCUT2D eigenvalue weighted by molar-refractivity contribution is 0.417. The standard InChI is InChI=1S/C19H16N4O2/c1-25-16-6-3-2-5-15(16)21-18-17(13-7-9-14(24)10-8-13)22-19-20-11-4-12-23(18)19/h2-12,21,24H,1H3. The summed E-state index contributed by atoms with van der Waals surface area (Å²) < 4.78 is 7.31. The first-order chi connectivity index (χ1) is 12.3. The van der Waals surface area contributed by atoms with Gasteiger partial charge in [-0.25, -0.2) is 9.97 Å². The predicted octanol–water partition coefficient (Wildman–Crippen LogP) is 3.85. The smallest absolute Gasteiger partial charge is 0.235 e. The molecule has 0 fully saturated rings. The van der Waals surface area contributed by atoms with Crippen molar-refractivity contribution in [3.8, 4) is 22.8 Å². The number of imidazole rings is 1. The maximum absolute atomic E-state index is 9.55. The SMILES string of the molecule is COc1ccccc1Nc1c(-c2ccc(O)cc2)nc2ncccn12. The van der Waals surface area contributed by atoms with Gasteiger partial charge in [0.25, 0.3) is 0 Å². The summed E-state index contributed by atoms with van der Waals surface area (Å²) in [5.74, 6) is 2.31. The number of hydrogen-bond donors (Lipinski definition) is 2. The molecule has 124 valence electrons. The van der Waals surface area contributed by atoms with Gasteiger partial charge in [-0.05, 0) is 42.5 Å². The first-order valence-electron chi connectivity index (χ1n) is 7.79. The maximum Gasteiger partial charge on any atom is 0.235 e. The van der Waals surface area contributed by atoms with Crippen LogP contribution in [0.5, 0.6) is 11.5 Å². The highest BCUT2D eigenvalue weighted by Gasteiger charge is 2.16. The molecule has 25 heavy (non-hydrogen) atoms. The van der Waals surface area contributed by atoms with Crippen LogP contribution < -0.4 is 10.1 Å². The van der Waals surface area contributed by atoms with E-state index in [0.29, 0.717) is 5.78 Å². The van der Waals surface area contributed by atoms with Crippen molar-refractivity contribution in [1.82, 2.24) is 14.4 Å². The fourth-order valence-corrected chi connectivity index (χ4v) is 2.70. The van der Waals surface area contributed by atoms with Gasteiger partial charge in [0.05, 0.1) is 12.8 Å². The lowest BCUT2D eigenvalue weighted by atomic mass is 10.1. The third-order valence-corrected chi connectivity index (χ3v) is 3.90. The van der Waals surface area contributed by atoms with Gasteiger partial charge in [-0.15, -0.1) is 0 Å². The van der Waals surface area contributed by atoms with Crippen LogP contribution in [0.25, 0.3) is 17.0 Å². The van der Waals surface area contributed by atoms with Crippen molar-refractivity contribution in [2.45, 2.75) is 0 Å². The second-order valence-electron chi connectivity index (χ2n) is 5.47. The number of nitrogens with zero attached hydrogens (tertiary/aromatic N) is 3. The van der Waals surface area contributed by atoms with Gasteiger partial charge in [-0.3, -0.25) is 4.40 Å². The molecule has 0 atom stereocenters. The maximum atomic E-state index is 9.55. The number of ether oxygens (including phenoxy) is 1. The van der Waals surface area contributed by atoms with Crippen molar-refractivity contribution < 1.29 is 9.84 Å². The summed E-state index contributed by atoms with van der Waals surface area (Å²) in [5, 5.41) is 12.9. The summed E-state index contributed by atoms with van der Waals surface area (Å²) in [7, 11) is 1.64. The van der Waals surface area contributed by atoms with Crippen LogP contribution in [-0.4, -0.2) is 26.6 Å². The normalized spacial score (nSPS) is 10.8. The van der Waals surface area contributed by atoms with Gasteiger partial charge in [-0.2, -0.15) is 0 Å². The molecule has 0 saturated carbocycles. The third-order valence-electron chi connectivity index (χ3n) is 3.90. The summed E-state index contributed by atoms with van der Waals surface area (Å²) in [6.45, 7) is 0. The molecule has 2 aromatic heterocycles. The van der Waals surface area contributed by atoms with Crippen LogP contribution in [0.4, 0.5) is 11.5 Å². The van der Waals surface area contributed by atoms with Crippen LogP contribution in [0.2, 0.25) is 0 Å². The highest BCUT2D eigenvalue weighted by atomic mass is 16.5. The van der Waals surface area contributed by atoms with Crippen molar-refractivity contribution in [2.75, 3.05) is 12.4 Å². The van der Waals surface area contributed by atoms with Gasteiger partial charge in [0.2, 0.25) is 5.78 Å². The molecular weight excluding hydrogens is 316 g/mol. The fourth-order valence-electron chi connectivity index (χ4n) is 2.70. The number of aromatic nitrogens is 3. The summed E-state index contributed by atoms with van der Waals surface area (Å²) >= 11 is 0. The van der Waals surface area contributed by atoms with Crippen LogP contribution >= 0.6 is 0 Å². The summed E-state index contributed by atoms with van der Waals surface area (Å²) in [6, 6.07) is 16.5. The van der Waals surface area contributed by atoms with Gasteiger partial charge >= 0.3 is 0 Å². The van der Waals surface area contributed by atoms with Gasteiger partial charge in [0.1, 0.15) is 23.0 Å². The molecule has 4 rings (SSSR count). The highest BCUT2D eigenvalue weighted by molar-refractivity contribution is 5.80. The van der Waals surface area contributed by atoms with Crippen molar-refractivity contribution in [3.05, 3.63) is 67.0 Å². The summed E-state index contributed by atoms with van der Waals surface area (Å²) in [6.07, 6.45) is 3.60. The number of fused-ring (bicyclic) bond motifs is 1. The molecular formula is C19H16N4O2. The molecule has 0 unspecified atom stereocenters. The molecule has 0 radical (unpaired) electrons. The number of benzene rings is 2. The van der Waals surface area contributed by atoms with E-state index < -0.39 is 0 Å². The lowest BCUT2D eigenvalue weighted by Gasteiger charge is -2.12. The van der Waals surface area contributed by atoms with E-state index in [4.69, 9.17) is 4.74 Å². The molecule has 2 N–H and O–H groups in total. The van der Waals surface area contributed by atoms with E-state index in [0.717, 1.165) is 28.5 Å². The number of anilines is 2.